The maximum absolute atomic E-state index is 13.8. The van der Waals surface area contributed by atoms with Crippen LogP contribution >= 0.6 is 0 Å². The summed E-state index contributed by atoms with van der Waals surface area (Å²) in [6.07, 6.45) is -2.79. The average Bonchev–Trinajstić information content (AvgIpc) is 3.19. The van der Waals surface area contributed by atoms with Gasteiger partial charge in [0.1, 0.15) is 11.4 Å². The topological polar surface area (TPSA) is 116 Å². The molecule has 0 radical (unpaired) electrons. The minimum atomic E-state index is -4.73. The Morgan fingerprint density at radius 2 is 1.95 bits per heavy atom. The van der Waals surface area contributed by atoms with E-state index in [0.29, 0.717) is 28.8 Å². The number of para-hydroxylation sites is 1. The van der Waals surface area contributed by atoms with Crippen molar-refractivity contribution in [2.45, 2.75) is 33.0 Å². The van der Waals surface area contributed by atoms with Gasteiger partial charge in [0, 0.05) is 19.3 Å². The van der Waals surface area contributed by atoms with Crippen LogP contribution in [-0.4, -0.2) is 37.1 Å². The highest BCUT2D eigenvalue weighted by molar-refractivity contribution is 7.92. The molecule has 2 aromatic carbocycles. The zero-order valence-electron chi connectivity index (χ0n) is 20.3. The average molecular weight is 535 g/mol. The van der Waals surface area contributed by atoms with Gasteiger partial charge in [0.2, 0.25) is 21.9 Å². The van der Waals surface area contributed by atoms with Gasteiger partial charge < -0.3 is 16.0 Å². The molecule has 0 aliphatic carbocycles. The molecule has 0 saturated carbocycles. The Bertz CT molecular complexity index is 1460. The number of benzene rings is 2. The molecule has 1 aliphatic heterocycles. The third-order valence-electron chi connectivity index (χ3n) is 5.75. The summed E-state index contributed by atoms with van der Waals surface area (Å²) >= 11 is 0. The van der Waals surface area contributed by atoms with E-state index in [9.17, 15) is 26.4 Å². The predicted octanol–water partition coefficient (Wildman–Crippen LogP) is 4.44. The van der Waals surface area contributed by atoms with Gasteiger partial charge in [0.05, 0.1) is 29.7 Å². The number of aromatic nitrogens is 2. The van der Waals surface area contributed by atoms with E-state index in [1.807, 2.05) is 0 Å². The summed E-state index contributed by atoms with van der Waals surface area (Å²) in [7, 11) is -3.61. The fraction of sp³-hybridized carbons (Fsp3) is 0.292. The maximum Gasteiger partial charge on any atom is 0.421 e. The number of sulfonamides is 1. The van der Waals surface area contributed by atoms with Crippen LogP contribution in [0.4, 0.5) is 42.0 Å². The van der Waals surface area contributed by atoms with Gasteiger partial charge in [0.15, 0.2) is 0 Å². The van der Waals surface area contributed by atoms with E-state index in [-0.39, 0.29) is 31.4 Å². The lowest BCUT2D eigenvalue weighted by Crippen LogP contribution is -2.30. The number of carbonyl (C=O) groups is 1. The highest BCUT2D eigenvalue weighted by atomic mass is 32.2. The summed E-state index contributed by atoms with van der Waals surface area (Å²) in [5.74, 6) is -0.778. The van der Waals surface area contributed by atoms with Gasteiger partial charge >= 0.3 is 6.18 Å². The quantitative estimate of drug-likeness (QED) is 0.391. The number of anilines is 5. The number of nitrogens with one attached hydrogen (secondary N) is 3. The van der Waals surface area contributed by atoms with Crippen LogP contribution in [0.25, 0.3) is 0 Å². The first-order valence-electron chi connectivity index (χ1n) is 11.3. The SMILES string of the molecule is CCN(c1cc(C)ccc1CNc1nc(Nc2cccc3c2NC(=O)C3)ncc1C(F)(F)F)S(C)(=O)=O. The van der Waals surface area contributed by atoms with Crippen LogP contribution in [0.5, 0.6) is 0 Å². The van der Waals surface area contributed by atoms with E-state index >= 15 is 0 Å². The van der Waals surface area contributed by atoms with Crippen LogP contribution in [0.15, 0.2) is 42.6 Å². The molecule has 196 valence electrons. The third kappa shape index (κ3) is 5.77. The third-order valence-corrected chi connectivity index (χ3v) is 7.01. The van der Waals surface area contributed by atoms with E-state index in [0.717, 1.165) is 17.4 Å². The van der Waals surface area contributed by atoms with Crippen molar-refractivity contribution in [1.29, 1.82) is 0 Å². The van der Waals surface area contributed by atoms with Gasteiger partial charge in [-0.15, -0.1) is 0 Å². The number of aryl methyl sites for hydroxylation is 1. The number of fused-ring (bicyclic) bond motifs is 1. The predicted molar refractivity (Wildman–Crippen MR) is 135 cm³/mol. The van der Waals surface area contributed by atoms with Crippen molar-refractivity contribution in [3.63, 3.8) is 0 Å². The van der Waals surface area contributed by atoms with Gasteiger partial charge in [-0.05, 0) is 42.7 Å². The summed E-state index contributed by atoms with van der Waals surface area (Å²) < 4.78 is 67.1. The molecule has 0 spiro atoms. The summed E-state index contributed by atoms with van der Waals surface area (Å²) in [6, 6.07) is 10.2. The Morgan fingerprint density at radius 1 is 1.19 bits per heavy atom. The second-order valence-corrected chi connectivity index (χ2v) is 10.5. The van der Waals surface area contributed by atoms with Crippen LogP contribution < -0.4 is 20.3 Å². The van der Waals surface area contributed by atoms with Crippen molar-refractivity contribution in [3.05, 3.63) is 64.8 Å². The Balaban J connectivity index is 1.67. The molecule has 0 atom stereocenters. The van der Waals surface area contributed by atoms with Gasteiger partial charge in [-0.3, -0.25) is 9.10 Å². The Labute approximate surface area is 212 Å². The maximum atomic E-state index is 13.8. The molecule has 0 unspecified atom stereocenters. The molecule has 0 bridgehead atoms. The summed E-state index contributed by atoms with van der Waals surface area (Å²) in [6.45, 7) is 3.50. The molecule has 13 heteroatoms. The first-order chi connectivity index (χ1) is 17.4. The van der Waals surface area contributed by atoms with Crippen molar-refractivity contribution in [2.24, 2.45) is 0 Å². The van der Waals surface area contributed by atoms with Crippen LogP contribution in [0.1, 0.15) is 29.2 Å². The van der Waals surface area contributed by atoms with E-state index in [1.165, 1.54) is 4.31 Å². The number of hydrogen-bond acceptors (Lipinski definition) is 7. The number of hydrogen-bond donors (Lipinski definition) is 3. The summed E-state index contributed by atoms with van der Waals surface area (Å²) in [5.41, 5.74) is 2.29. The lowest BCUT2D eigenvalue weighted by Gasteiger charge is -2.24. The van der Waals surface area contributed by atoms with Crippen LogP contribution in [-0.2, 0) is 34.0 Å². The largest absolute Gasteiger partial charge is 0.421 e. The van der Waals surface area contributed by atoms with Crippen molar-refractivity contribution < 1.29 is 26.4 Å². The van der Waals surface area contributed by atoms with Crippen molar-refractivity contribution in [3.8, 4) is 0 Å². The molecule has 3 aromatic rings. The summed E-state index contributed by atoms with van der Waals surface area (Å²) in [4.78, 5) is 19.6. The zero-order chi connectivity index (χ0) is 27.0. The first-order valence-corrected chi connectivity index (χ1v) is 13.2. The van der Waals surface area contributed by atoms with Gasteiger partial charge in [0.25, 0.3) is 0 Å². The van der Waals surface area contributed by atoms with Crippen LogP contribution in [0.2, 0.25) is 0 Å². The van der Waals surface area contributed by atoms with Crippen molar-refractivity contribution in [1.82, 2.24) is 9.97 Å². The molecule has 3 N–H and O–H groups in total. The lowest BCUT2D eigenvalue weighted by atomic mass is 10.1. The highest BCUT2D eigenvalue weighted by Gasteiger charge is 2.35. The highest BCUT2D eigenvalue weighted by Crippen LogP contribution is 2.36. The lowest BCUT2D eigenvalue weighted by molar-refractivity contribution is -0.137. The molecule has 1 amide bonds. The second-order valence-electron chi connectivity index (χ2n) is 8.56. The van der Waals surface area contributed by atoms with E-state index < -0.39 is 27.6 Å². The molecule has 0 saturated heterocycles. The number of rotatable bonds is 8. The smallest absolute Gasteiger partial charge is 0.365 e. The molecule has 0 fully saturated rings. The van der Waals surface area contributed by atoms with Crippen molar-refractivity contribution >= 4 is 44.8 Å². The van der Waals surface area contributed by atoms with Gasteiger partial charge in [-0.2, -0.15) is 18.2 Å². The zero-order valence-corrected chi connectivity index (χ0v) is 21.1. The fourth-order valence-electron chi connectivity index (χ4n) is 4.08. The fourth-order valence-corrected chi connectivity index (χ4v) is 5.07. The Kier molecular flexibility index (Phi) is 7.00. The first kappa shape index (κ1) is 26.2. The monoisotopic (exact) mass is 534 g/mol. The number of amides is 1. The second kappa shape index (κ2) is 9.88. The summed E-state index contributed by atoms with van der Waals surface area (Å²) in [5, 5.41) is 8.30. The molecule has 9 nitrogen and oxygen atoms in total. The number of alkyl halides is 3. The van der Waals surface area contributed by atoms with Crippen LogP contribution in [0.3, 0.4) is 0 Å². The minimum Gasteiger partial charge on any atom is -0.365 e. The van der Waals surface area contributed by atoms with Crippen LogP contribution in [0, 0.1) is 6.92 Å². The number of nitrogens with zero attached hydrogens (tertiary/aromatic N) is 3. The van der Waals surface area contributed by atoms with Gasteiger partial charge in [-0.1, -0.05) is 24.3 Å². The number of carbonyl (C=O) groups excluding carboxylic acids is 1. The molecule has 2 heterocycles. The Hall–Kier alpha value is -3.87. The van der Waals surface area contributed by atoms with E-state index in [4.69, 9.17) is 0 Å². The number of halogens is 3. The van der Waals surface area contributed by atoms with Crippen molar-refractivity contribution in [2.75, 3.05) is 33.1 Å². The standard InChI is InChI=1S/C24H25F3N6O3S/c1-4-33(37(3,35)36)19-10-14(2)8-9-16(19)12-28-22-17(24(25,26)27)13-29-23(32-22)30-18-7-5-6-15-11-20(34)31-21(15)18/h5-10,13H,4,11-12H2,1-3H3,(H,31,34)(H2,28,29,30,32). The Morgan fingerprint density at radius 3 is 2.62 bits per heavy atom. The van der Waals surface area contributed by atoms with E-state index in [1.54, 1.807) is 50.2 Å². The molecular weight excluding hydrogens is 509 g/mol. The minimum absolute atomic E-state index is 0.111. The molecule has 4 rings (SSSR count). The molecule has 1 aromatic heterocycles. The molecule has 37 heavy (non-hydrogen) atoms. The molecular formula is C24H25F3N6O3S. The van der Waals surface area contributed by atoms with E-state index in [2.05, 4.69) is 25.9 Å². The molecule has 1 aliphatic rings. The van der Waals surface area contributed by atoms with Gasteiger partial charge in [-0.25, -0.2) is 13.4 Å². The normalized spacial score (nSPS) is 13.2.